The molecular formula is C24H47NO7. The first-order chi connectivity index (χ1) is 14.7. The third kappa shape index (κ3) is 13.0. The predicted octanol–water partition coefficient (Wildman–Crippen LogP) is 4.99. The Labute approximate surface area is 195 Å². The maximum atomic E-state index is 11.3. The summed E-state index contributed by atoms with van der Waals surface area (Å²) in [6.45, 7) is 20.0. The summed E-state index contributed by atoms with van der Waals surface area (Å²) in [5.41, 5.74) is -0.571. The van der Waals surface area contributed by atoms with Gasteiger partial charge in [-0.3, -0.25) is 14.6 Å². The smallest absolute Gasteiger partial charge is 0.311 e. The molecule has 8 nitrogen and oxygen atoms in total. The predicted molar refractivity (Wildman–Crippen MR) is 126 cm³/mol. The van der Waals surface area contributed by atoms with Crippen LogP contribution < -0.4 is 0 Å². The number of methoxy groups -OCH3 is 1. The first kappa shape index (κ1) is 32.5. The number of hydrogen-bond donors (Lipinski definition) is 0. The van der Waals surface area contributed by atoms with Crippen LogP contribution in [0.1, 0.15) is 81.6 Å². The molecule has 0 N–H and O–H groups in total. The van der Waals surface area contributed by atoms with Crippen LogP contribution in [0.25, 0.3) is 0 Å². The maximum absolute atomic E-state index is 11.3. The molecule has 1 aliphatic rings. The number of aliphatic imine (C=N–C) groups is 1. The summed E-state index contributed by atoms with van der Waals surface area (Å²) in [6, 6.07) is 0. The van der Waals surface area contributed by atoms with Gasteiger partial charge in [0, 0.05) is 5.41 Å². The molecule has 32 heavy (non-hydrogen) atoms. The Hall–Kier alpha value is -1.67. The first-order valence-corrected chi connectivity index (χ1v) is 11.3. The van der Waals surface area contributed by atoms with E-state index in [2.05, 4.69) is 40.3 Å². The van der Waals surface area contributed by atoms with Crippen LogP contribution in [0.15, 0.2) is 4.99 Å². The molecule has 1 rings (SSSR count). The highest BCUT2D eigenvalue weighted by Gasteiger charge is 2.27. The molecule has 0 bridgehead atoms. The first-order valence-electron chi connectivity index (χ1n) is 11.3. The molecule has 0 aromatic rings. The average Bonchev–Trinajstić information content (AvgIpc) is 3.32. The van der Waals surface area contributed by atoms with Crippen LogP contribution in [0.4, 0.5) is 0 Å². The summed E-state index contributed by atoms with van der Waals surface area (Å²) >= 11 is 0. The van der Waals surface area contributed by atoms with Crippen molar-refractivity contribution in [2.24, 2.45) is 21.2 Å². The molecule has 0 spiro atoms. The zero-order valence-electron chi connectivity index (χ0n) is 22.3. The summed E-state index contributed by atoms with van der Waals surface area (Å²) in [5.74, 6) is 0.606. The molecule has 1 heterocycles. The minimum absolute atomic E-state index is 0.134. The summed E-state index contributed by atoms with van der Waals surface area (Å²) in [7, 11) is 2.83. The number of hydrogen-bond acceptors (Lipinski definition) is 8. The lowest BCUT2D eigenvalue weighted by molar-refractivity contribution is -0.277. The highest BCUT2D eigenvalue weighted by molar-refractivity contribution is 5.82. The minimum atomic E-state index is -0.410. The van der Waals surface area contributed by atoms with Crippen molar-refractivity contribution >= 4 is 17.8 Å². The molecule has 0 amide bonds. The molecule has 0 saturated heterocycles. The van der Waals surface area contributed by atoms with Gasteiger partial charge in [-0.15, -0.1) is 0 Å². The molecule has 190 valence electrons. The van der Waals surface area contributed by atoms with E-state index in [1.165, 1.54) is 14.2 Å². The van der Waals surface area contributed by atoms with Gasteiger partial charge in [0.05, 0.1) is 31.6 Å². The lowest BCUT2D eigenvalue weighted by Gasteiger charge is -2.21. The third-order valence-corrected chi connectivity index (χ3v) is 5.62. The summed E-state index contributed by atoms with van der Waals surface area (Å²) in [5, 5.41) is 0. The van der Waals surface area contributed by atoms with Crippen molar-refractivity contribution in [3.8, 4) is 0 Å². The van der Waals surface area contributed by atoms with E-state index in [0.717, 1.165) is 38.3 Å². The van der Waals surface area contributed by atoms with Gasteiger partial charge in [0.15, 0.2) is 5.90 Å². The van der Waals surface area contributed by atoms with Crippen LogP contribution in [0.5, 0.6) is 0 Å². The van der Waals surface area contributed by atoms with Gasteiger partial charge in [0.2, 0.25) is 0 Å². The molecular weight excluding hydrogens is 414 g/mol. The normalized spacial score (nSPS) is 13.5. The monoisotopic (exact) mass is 461 g/mol. The van der Waals surface area contributed by atoms with Crippen LogP contribution in [0, 0.1) is 16.2 Å². The Balaban J connectivity index is 0. The summed E-state index contributed by atoms with van der Waals surface area (Å²) < 4.78 is 14.9. The lowest BCUT2D eigenvalue weighted by Crippen LogP contribution is -2.26. The van der Waals surface area contributed by atoms with Crippen LogP contribution in [0.3, 0.4) is 0 Å². The highest BCUT2D eigenvalue weighted by Crippen LogP contribution is 2.24. The van der Waals surface area contributed by atoms with Crippen molar-refractivity contribution < 1.29 is 33.6 Å². The Morgan fingerprint density at radius 1 is 0.875 bits per heavy atom. The van der Waals surface area contributed by atoms with Crippen LogP contribution in [0.2, 0.25) is 0 Å². The number of ether oxygens (including phenoxy) is 3. The molecule has 0 atom stereocenters. The topological polar surface area (TPSA) is 92.7 Å². The highest BCUT2D eigenvalue weighted by atomic mass is 17.2. The van der Waals surface area contributed by atoms with Gasteiger partial charge in [-0.2, -0.15) is 0 Å². The summed E-state index contributed by atoms with van der Waals surface area (Å²) in [4.78, 5) is 35.4. The quantitative estimate of drug-likeness (QED) is 0.196. The van der Waals surface area contributed by atoms with E-state index in [9.17, 15) is 9.59 Å². The fourth-order valence-electron chi connectivity index (χ4n) is 1.91. The number of esters is 2. The van der Waals surface area contributed by atoms with E-state index in [1.54, 1.807) is 0 Å². The van der Waals surface area contributed by atoms with Crippen LogP contribution >= 0.6 is 0 Å². The van der Waals surface area contributed by atoms with E-state index in [-0.39, 0.29) is 36.0 Å². The molecule has 1 aliphatic heterocycles. The van der Waals surface area contributed by atoms with Crippen molar-refractivity contribution in [1.29, 1.82) is 0 Å². The zero-order chi connectivity index (χ0) is 25.4. The number of carbonyl (C=O) groups is 2. The van der Waals surface area contributed by atoms with Crippen molar-refractivity contribution in [1.82, 2.24) is 0 Å². The molecule has 0 radical (unpaired) electrons. The van der Waals surface area contributed by atoms with E-state index >= 15 is 0 Å². The van der Waals surface area contributed by atoms with Crippen molar-refractivity contribution in [3.05, 3.63) is 0 Å². The Kier molecular flexibility index (Phi) is 16.3. The van der Waals surface area contributed by atoms with Gasteiger partial charge in [0.1, 0.15) is 19.8 Å². The molecule has 0 fully saturated rings. The van der Waals surface area contributed by atoms with Gasteiger partial charge < -0.3 is 14.2 Å². The maximum Gasteiger partial charge on any atom is 0.311 e. The molecule has 0 saturated carbocycles. The van der Waals surface area contributed by atoms with Gasteiger partial charge in [-0.1, -0.05) is 34.6 Å². The molecule has 8 heteroatoms. The number of nitrogens with zero attached hydrogens (tertiary/aromatic N) is 1. The van der Waals surface area contributed by atoms with Gasteiger partial charge in [-0.25, -0.2) is 9.78 Å². The Morgan fingerprint density at radius 2 is 1.41 bits per heavy atom. The second-order valence-electron chi connectivity index (χ2n) is 9.36. The van der Waals surface area contributed by atoms with Crippen LogP contribution in [-0.4, -0.2) is 58.4 Å². The van der Waals surface area contributed by atoms with Crippen molar-refractivity contribution in [2.75, 3.05) is 40.6 Å². The van der Waals surface area contributed by atoms with Crippen LogP contribution in [-0.2, 0) is 33.6 Å². The van der Waals surface area contributed by atoms with E-state index in [1.807, 2.05) is 41.5 Å². The second-order valence-corrected chi connectivity index (χ2v) is 9.36. The average molecular weight is 462 g/mol. The van der Waals surface area contributed by atoms with E-state index in [0.29, 0.717) is 0 Å². The fraction of sp³-hybridized carbons (Fsp3) is 0.875. The van der Waals surface area contributed by atoms with E-state index in [4.69, 9.17) is 9.47 Å². The second kappa shape index (κ2) is 16.0. The summed E-state index contributed by atoms with van der Waals surface area (Å²) in [6.07, 6.45) is 2.67. The van der Waals surface area contributed by atoms with Gasteiger partial charge in [-0.05, 0) is 47.0 Å². The zero-order valence-corrected chi connectivity index (χ0v) is 22.3. The van der Waals surface area contributed by atoms with Gasteiger partial charge >= 0.3 is 11.9 Å². The molecule has 0 aromatic heterocycles. The van der Waals surface area contributed by atoms with Crippen molar-refractivity contribution in [3.63, 3.8) is 0 Å². The lowest BCUT2D eigenvalue weighted by atomic mass is 9.90. The fourth-order valence-corrected chi connectivity index (χ4v) is 1.91. The molecule has 0 aliphatic carbocycles. The number of carbonyl (C=O) groups excluding carboxylic acids is 2. The van der Waals surface area contributed by atoms with Crippen molar-refractivity contribution in [2.45, 2.75) is 81.6 Å². The SMILES string of the molecule is CCC(C)(C)C(=O)OC.CCC(C)(C)C(=O)OCCOOC.CCC(C)(C)C1=NCCO1. The Bertz CT molecular complexity index is 569. The minimum Gasteiger partial charge on any atom is -0.479 e. The molecule has 0 unspecified atom stereocenters. The number of rotatable bonds is 10. The van der Waals surface area contributed by atoms with Gasteiger partial charge in [0.25, 0.3) is 0 Å². The third-order valence-electron chi connectivity index (χ3n) is 5.62. The Morgan fingerprint density at radius 3 is 1.75 bits per heavy atom. The largest absolute Gasteiger partial charge is 0.479 e. The molecule has 0 aromatic carbocycles. The van der Waals surface area contributed by atoms with E-state index < -0.39 is 5.41 Å². The standard InChI is InChI=1S/C9H18O4.C8H15NO.C7H14O2/c1-5-9(2,3)8(10)12-6-7-13-11-4;1-4-8(2,3)7-9-5-6-10-7;1-5-7(2,3)6(8)9-4/h5-7H2,1-4H3;4-6H2,1-3H3;5H2,1-4H3.